The van der Waals surface area contributed by atoms with E-state index in [9.17, 15) is 8.42 Å². The molecule has 8 heteroatoms. The molecule has 2 rings (SSSR count). The molecule has 106 valence electrons. The number of nitrogens with two attached hydrogens (primary N) is 1. The highest BCUT2D eigenvalue weighted by atomic mass is 79.9. The summed E-state index contributed by atoms with van der Waals surface area (Å²) in [5.41, 5.74) is 7.00. The summed E-state index contributed by atoms with van der Waals surface area (Å²) in [6.07, 6.45) is 0. The number of nitrogens with one attached hydrogen (secondary N) is 1. The van der Waals surface area contributed by atoms with Crippen LogP contribution >= 0.6 is 39.5 Å². The summed E-state index contributed by atoms with van der Waals surface area (Å²) in [6, 6.07) is 8.47. The average Bonchev–Trinajstić information content (AvgIpc) is 2.83. The number of sulfonamides is 1. The van der Waals surface area contributed by atoms with Gasteiger partial charge in [0.15, 0.2) is 0 Å². The van der Waals surface area contributed by atoms with Crippen LogP contribution in [0.5, 0.6) is 0 Å². The van der Waals surface area contributed by atoms with Gasteiger partial charge in [0.05, 0.1) is 10.6 Å². The number of anilines is 1. The van der Waals surface area contributed by atoms with Gasteiger partial charge in [-0.15, -0.1) is 11.3 Å². The predicted octanol–water partition coefficient (Wildman–Crippen LogP) is 3.25. The molecule has 1 aromatic heterocycles. The lowest BCUT2D eigenvalue weighted by Gasteiger charge is -2.08. The van der Waals surface area contributed by atoms with Gasteiger partial charge in [-0.05, 0) is 52.7 Å². The standard InChI is InChI=1S/C12H11BrN2O2S3/c1-7-2-3-9(8(13)6-7)15-20(16,17)11-5-4-10(19-11)12(14)18/h2-6,15H,1H3,(H2,14,18). The molecule has 1 aromatic carbocycles. The normalized spacial score (nSPS) is 11.3. The molecular weight excluding hydrogens is 380 g/mol. The van der Waals surface area contributed by atoms with Crippen LogP contribution in [-0.2, 0) is 10.0 Å². The molecule has 0 aliphatic carbocycles. The summed E-state index contributed by atoms with van der Waals surface area (Å²) >= 11 is 9.21. The zero-order valence-electron chi connectivity index (χ0n) is 10.4. The van der Waals surface area contributed by atoms with Gasteiger partial charge in [-0.1, -0.05) is 18.3 Å². The van der Waals surface area contributed by atoms with E-state index in [2.05, 4.69) is 20.7 Å². The fraction of sp³-hybridized carbons (Fsp3) is 0.0833. The molecule has 4 nitrogen and oxygen atoms in total. The van der Waals surface area contributed by atoms with Gasteiger partial charge in [0, 0.05) is 4.47 Å². The molecule has 0 fully saturated rings. The lowest BCUT2D eigenvalue weighted by Crippen LogP contribution is -2.12. The first kappa shape index (κ1) is 15.4. The first-order valence-electron chi connectivity index (χ1n) is 5.48. The number of halogens is 1. The highest BCUT2D eigenvalue weighted by Crippen LogP contribution is 2.28. The first-order valence-corrected chi connectivity index (χ1v) is 8.98. The summed E-state index contributed by atoms with van der Waals surface area (Å²) in [4.78, 5) is 0.760. The molecule has 0 saturated heterocycles. The van der Waals surface area contributed by atoms with Crippen LogP contribution in [0.15, 0.2) is 39.0 Å². The number of rotatable bonds is 4. The van der Waals surface area contributed by atoms with Crippen molar-refractivity contribution >= 4 is 60.2 Å². The molecule has 20 heavy (non-hydrogen) atoms. The second-order valence-corrected chi connectivity index (χ2v) is 8.36. The van der Waals surface area contributed by atoms with E-state index >= 15 is 0 Å². The quantitative estimate of drug-likeness (QED) is 0.785. The maximum atomic E-state index is 12.3. The van der Waals surface area contributed by atoms with Gasteiger partial charge in [-0.3, -0.25) is 4.72 Å². The molecule has 0 radical (unpaired) electrons. The SMILES string of the molecule is Cc1ccc(NS(=O)(=O)c2ccc(C(N)=S)s2)c(Br)c1. The molecule has 0 saturated carbocycles. The van der Waals surface area contributed by atoms with Gasteiger partial charge in [0.2, 0.25) is 0 Å². The van der Waals surface area contributed by atoms with Crippen molar-refractivity contribution in [2.75, 3.05) is 4.72 Å². The molecule has 0 aliphatic rings. The van der Waals surface area contributed by atoms with Crippen LogP contribution in [0.1, 0.15) is 10.4 Å². The Morgan fingerprint density at radius 1 is 1.35 bits per heavy atom. The third-order valence-electron chi connectivity index (χ3n) is 2.46. The first-order chi connectivity index (χ1) is 9.29. The molecule has 3 N–H and O–H groups in total. The van der Waals surface area contributed by atoms with Crippen molar-refractivity contribution in [1.82, 2.24) is 0 Å². The van der Waals surface area contributed by atoms with Crippen LogP contribution in [-0.4, -0.2) is 13.4 Å². The van der Waals surface area contributed by atoms with Gasteiger partial charge in [-0.2, -0.15) is 0 Å². The highest BCUT2D eigenvalue weighted by Gasteiger charge is 2.18. The Bertz CT molecular complexity index is 769. The highest BCUT2D eigenvalue weighted by molar-refractivity contribution is 9.10. The smallest absolute Gasteiger partial charge is 0.271 e. The summed E-state index contributed by atoms with van der Waals surface area (Å²) < 4.78 is 27.9. The van der Waals surface area contributed by atoms with E-state index in [0.29, 0.717) is 15.0 Å². The predicted molar refractivity (Wildman–Crippen MR) is 89.9 cm³/mol. The number of thiocarbonyl (C=S) groups is 1. The lowest BCUT2D eigenvalue weighted by atomic mass is 10.2. The minimum absolute atomic E-state index is 0.174. The number of aryl methyl sites for hydroxylation is 1. The third kappa shape index (κ3) is 3.38. The largest absolute Gasteiger partial charge is 0.389 e. The third-order valence-corrected chi connectivity index (χ3v) is 6.44. The summed E-state index contributed by atoms with van der Waals surface area (Å²) in [5, 5.41) is 0. The van der Waals surface area contributed by atoms with Crippen molar-refractivity contribution in [3.05, 3.63) is 45.2 Å². The molecular formula is C12H11BrN2O2S3. The van der Waals surface area contributed by atoms with Gasteiger partial charge < -0.3 is 5.73 Å². The van der Waals surface area contributed by atoms with Gasteiger partial charge in [0.25, 0.3) is 10.0 Å². The molecule has 0 spiro atoms. The Kier molecular flexibility index (Phi) is 4.48. The van der Waals surface area contributed by atoms with Gasteiger partial charge in [0.1, 0.15) is 9.20 Å². The molecule has 2 aromatic rings. The minimum atomic E-state index is -3.64. The fourth-order valence-corrected chi connectivity index (χ4v) is 4.65. The molecule has 0 aliphatic heterocycles. The van der Waals surface area contributed by atoms with Crippen molar-refractivity contribution in [3.8, 4) is 0 Å². The summed E-state index contributed by atoms with van der Waals surface area (Å²) in [6.45, 7) is 1.93. The van der Waals surface area contributed by atoms with Crippen molar-refractivity contribution in [2.24, 2.45) is 5.73 Å². The Morgan fingerprint density at radius 2 is 2.05 bits per heavy atom. The summed E-state index contributed by atoms with van der Waals surface area (Å²) in [5.74, 6) is 0. The van der Waals surface area contributed by atoms with E-state index in [4.69, 9.17) is 18.0 Å². The number of hydrogen-bond donors (Lipinski definition) is 2. The van der Waals surface area contributed by atoms with Crippen molar-refractivity contribution < 1.29 is 8.42 Å². The zero-order chi connectivity index (χ0) is 14.9. The zero-order valence-corrected chi connectivity index (χ0v) is 14.4. The van der Waals surface area contributed by atoms with Crippen molar-refractivity contribution in [3.63, 3.8) is 0 Å². The van der Waals surface area contributed by atoms with E-state index in [1.54, 1.807) is 12.1 Å². The van der Waals surface area contributed by atoms with Gasteiger partial charge >= 0.3 is 0 Å². The second-order valence-electron chi connectivity index (χ2n) is 4.07. The lowest BCUT2D eigenvalue weighted by molar-refractivity contribution is 0.603. The molecule has 0 unspecified atom stereocenters. The van der Waals surface area contributed by atoms with Crippen LogP contribution < -0.4 is 10.5 Å². The number of thiophene rings is 1. The minimum Gasteiger partial charge on any atom is -0.389 e. The topological polar surface area (TPSA) is 72.2 Å². The van der Waals surface area contributed by atoms with Gasteiger partial charge in [-0.25, -0.2) is 8.42 Å². The van der Waals surface area contributed by atoms with Crippen LogP contribution in [0.25, 0.3) is 0 Å². The average molecular weight is 391 g/mol. The number of benzene rings is 1. The van der Waals surface area contributed by atoms with Crippen molar-refractivity contribution in [1.29, 1.82) is 0 Å². The fourth-order valence-electron chi connectivity index (χ4n) is 1.49. The van der Waals surface area contributed by atoms with E-state index in [1.165, 1.54) is 6.07 Å². The molecule has 0 bridgehead atoms. The monoisotopic (exact) mass is 390 g/mol. The van der Waals surface area contributed by atoms with E-state index < -0.39 is 10.0 Å². The van der Waals surface area contributed by atoms with E-state index in [1.807, 2.05) is 19.1 Å². The molecule has 0 amide bonds. The Hall–Kier alpha value is -0.960. The maximum Gasteiger partial charge on any atom is 0.271 e. The maximum absolute atomic E-state index is 12.3. The molecule has 1 heterocycles. The van der Waals surface area contributed by atoms with E-state index in [0.717, 1.165) is 16.9 Å². The van der Waals surface area contributed by atoms with Crippen molar-refractivity contribution in [2.45, 2.75) is 11.1 Å². The van der Waals surface area contributed by atoms with Crippen LogP contribution in [0.4, 0.5) is 5.69 Å². The van der Waals surface area contributed by atoms with E-state index in [-0.39, 0.29) is 9.20 Å². The summed E-state index contributed by atoms with van der Waals surface area (Å²) in [7, 11) is -3.64. The Labute approximate surface area is 135 Å². The van der Waals surface area contributed by atoms with Crippen LogP contribution in [0, 0.1) is 6.92 Å². The number of hydrogen-bond acceptors (Lipinski definition) is 4. The second kappa shape index (κ2) is 5.80. The van der Waals surface area contributed by atoms with Crippen LogP contribution in [0.3, 0.4) is 0 Å². The van der Waals surface area contributed by atoms with Crippen LogP contribution in [0.2, 0.25) is 0 Å². The Morgan fingerprint density at radius 3 is 2.60 bits per heavy atom. The molecule has 0 atom stereocenters. The Balaban J connectivity index is 2.33.